The third-order valence-corrected chi connectivity index (χ3v) is 2.55. The first kappa shape index (κ1) is 11.4. The van der Waals surface area contributed by atoms with Crippen LogP contribution in [-0.2, 0) is 7.05 Å². The van der Waals surface area contributed by atoms with Crippen molar-refractivity contribution < 1.29 is 14.0 Å². The van der Waals surface area contributed by atoms with Crippen molar-refractivity contribution in [1.82, 2.24) is 19.9 Å². The Morgan fingerprint density at radius 1 is 1.32 bits per heavy atom. The summed E-state index contributed by atoms with van der Waals surface area (Å²) >= 11 is 0. The van der Waals surface area contributed by atoms with E-state index in [1.165, 1.54) is 12.1 Å². The molecule has 1 N–H and O–H groups in total. The smallest absolute Gasteiger partial charge is 0.261 e. The van der Waals surface area contributed by atoms with Crippen molar-refractivity contribution in [2.75, 3.05) is 0 Å². The first-order valence-corrected chi connectivity index (χ1v) is 5.46. The molecule has 19 heavy (non-hydrogen) atoms. The molecule has 0 saturated heterocycles. The maximum absolute atomic E-state index is 13.6. The van der Waals surface area contributed by atoms with Crippen molar-refractivity contribution in [3.05, 3.63) is 36.3 Å². The summed E-state index contributed by atoms with van der Waals surface area (Å²) in [6.07, 6.45) is 1.74. The molecule has 0 unspecified atom stereocenters. The zero-order chi connectivity index (χ0) is 13.4. The van der Waals surface area contributed by atoms with Crippen LogP contribution in [0, 0.1) is 5.82 Å². The summed E-state index contributed by atoms with van der Waals surface area (Å²) < 4.78 is 20.3. The molecule has 2 heterocycles. The Hall–Kier alpha value is -2.70. The number of phenolic OH excluding ortho intramolecular Hbond substituents is 1. The van der Waals surface area contributed by atoms with E-state index < -0.39 is 5.82 Å². The topological polar surface area (TPSA) is 77.0 Å². The third-order valence-electron chi connectivity index (χ3n) is 2.55. The Kier molecular flexibility index (Phi) is 2.52. The SMILES string of the molecule is Cn1ccc(-c2noc(-c3ccc(O)cc3F)n2)n1. The Bertz CT molecular complexity index is 735. The number of hydrogen-bond acceptors (Lipinski definition) is 5. The van der Waals surface area contributed by atoms with Gasteiger partial charge in [0.2, 0.25) is 5.82 Å². The molecule has 1 aromatic carbocycles. The Morgan fingerprint density at radius 2 is 2.16 bits per heavy atom. The molecule has 0 radical (unpaired) electrons. The molecule has 0 aliphatic carbocycles. The van der Waals surface area contributed by atoms with Gasteiger partial charge in [0.1, 0.15) is 17.3 Å². The predicted octanol–water partition coefficient (Wildman–Crippen LogP) is 1.98. The minimum absolute atomic E-state index is 0.0400. The Balaban J connectivity index is 2.01. The second-order valence-corrected chi connectivity index (χ2v) is 3.96. The first-order chi connectivity index (χ1) is 9.13. The van der Waals surface area contributed by atoms with Crippen LogP contribution in [0.4, 0.5) is 4.39 Å². The fraction of sp³-hybridized carbons (Fsp3) is 0.0833. The molecule has 3 rings (SSSR count). The quantitative estimate of drug-likeness (QED) is 0.762. The molecule has 6 nitrogen and oxygen atoms in total. The molecule has 2 aromatic heterocycles. The predicted molar refractivity (Wildman–Crippen MR) is 63.6 cm³/mol. The van der Waals surface area contributed by atoms with Gasteiger partial charge in [-0.2, -0.15) is 10.1 Å². The van der Waals surface area contributed by atoms with E-state index in [2.05, 4.69) is 15.2 Å². The number of hydrogen-bond donors (Lipinski definition) is 1. The van der Waals surface area contributed by atoms with E-state index in [4.69, 9.17) is 9.63 Å². The van der Waals surface area contributed by atoms with Crippen LogP contribution in [0.25, 0.3) is 23.0 Å². The minimum Gasteiger partial charge on any atom is -0.508 e. The van der Waals surface area contributed by atoms with Crippen molar-refractivity contribution in [3.63, 3.8) is 0 Å². The van der Waals surface area contributed by atoms with E-state index in [0.29, 0.717) is 5.69 Å². The summed E-state index contributed by atoms with van der Waals surface area (Å²) in [6, 6.07) is 5.44. The molecular formula is C12H9FN4O2. The number of aryl methyl sites for hydroxylation is 1. The minimum atomic E-state index is -0.628. The van der Waals surface area contributed by atoms with Crippen LogP contribution in [-0.4, -0.2) is 25.0 Å². The average Bonchev–Trinajstić information content (AvgIpc) is 2.97. The van der Waals surface area contributed by atoms with Crippen molar-refractivity contribution in [2.24, 2.45) is 7.05 Å². The van der Waals surface area contributed by atoms with Crippen LogP contribution >= 0.6 is 0 Å². The van der Waals surface area contributed by atoms with Crippen LogP contribution in [0.1, 0.15) is 0 Å². The maximum Gasteiger partial charge on any atom is 0.261 e. The van der Waals surface area contributed by atoms with E-state index in [1.54, 1.807) is 24.0 Å². The highest BCUT2D eigenvalue weighted by atomic mass is 19.1. The molecule has 3 aromatic rings. The Labute approximate surface area is 107 Å². The number of aromatic nitrogens is 4. The van der Waals surface area contributed by atoms with Gasteiger partial charge in [-0.15, -0.1) is 0 Å². The highest BCUT2D eigenvalue weighted by molar-refractivity contribution is 5.58. The lowest BCUT2D eigenvalue weighted by atomic mass is 10.2. The molecule has 0 aliphatic heterocycles. The standard InChI is InChI=1S/C12H9FN4O2/c1-17-5-4-10(15-17)11-14-12(19-16-11)8-3-2-7(18)6-9(8)13/h2-6,18H,1H3. The third kappa shape index (κ3) is 2.05. The zero-order valence-corrected chi connectivity index (χ0v) is 9.91. The van der Waals surface area contributed by atoms with Gasteiger partial charge in [0.15, 0.2) is 0 Å². The number of halogens is 1. The molecule has 0 saturated carbocycles. The Morgan fingerprint density at radius 3 is 2.84 bits per heavy atom. The number of nitrogens with zero attached hydrogens (tertiary/aromatic N) is 4. The second-order valence-electron chi connectivity index (χ2n) is 3.96. The molecule has 0 fully saturated rings. The van der Waals surface area contributed by atoms with E-state index in [-0.39, 0.29) is 23.0 Å². The van der Waals surface area contributed by atoms with Crippen LogP contribution in [0.3, 0.4) is 0 Å². The normalized spacial score (nSPS) is 10.8. The summed E-state index contributed by atoms with van der Waals surface area (Å²) in [6.45, 7) is 0. The summed E-state index contributed by atoms with van der Waals surface area (Å²) in [7, 11) is 1.77. The largest absolute Gasteiger partial charge is 0.508 e. The summed E-state index contributed by atoms with van der Waals surface area (Å²) in [5.41, 5.74) is 0.671. The number of rotatable bonds is 2. The van der Waals surface area contributed by atoms with Crippen molar-refractivity contribution in [3.8, 4) is 28.7 Å². The maximum atomic E-state index is 13.6. The van der Waals surface area contributed by atoms with E-state index in [1.807, 2.05) is 0 Å². The molecule has 0 aliphatic rings. The highest BCUT2D eigenvalue weighted by Gasteiger charge is 2.15. The van der Waals surface area contributed by atoms with Crippen molar-refractivity contribution in [2.45, 2.75) is 0 Å². The monoisotopic (exact) mass is 260 g/mol. The number of benzene rings is 1. The molecule has 96 valence electrons. The lowest BCUT2D eigenvalue weighted by molar-refractivity contribution is 0.428. The van der Waals surface area contributed by atoms with Gasteiger partial charge in [-0.05, 0) is 18.2 Å². The number of phenols is 1. The fourth-order valence-corrected chi connectivity index (χ4v) is 1.65. The van der Waals surface area contributed by atoms with Crippen LogP contribution in [0.15, 0.2) is 35.0 Å². The van der Waals surface area contributed by atoms with Gasteiger partial charge < -0.3 is 9.63 Å². The van der Waals surface area contributed by atoms with Crippen LogP contribution in [0.5, 0.6) is 5.75 Å². The fourth-order valence-electron chi connectivity index (χ4n) is 1.65. The lowest BCUT2D eigenvalue weighted by Crippen LogP contribution is -1.89. The van der Waals surface area contributed by atoms with Crippen LogP contribution < -0.4 is 0 Å². The van der Waals surface area contributed by atoms with E-state index in [0.717, 1.165) is 6.07 Å². The average molecular weight is 260 g/mol. The van der Waals surface area contributed by atoms with Gasteiger partial charge in [0.25, 0.3) is 5.89 Å². The zero-order valence-electron chi connectivity index (χ0n) is 9.91. The summed E-state index contributed by atoms with van der Waals surface area (Å²) in [5, 5.41) is 17.0. The van der Waals surface area contributed by atoms with E-state index >= 15 is 0 Å². The molecule has 0 amide bonds. The lowest BCUT2D eigenvalue weighted by Gasteiger charge is -1.97. The van der Waals surface area contributed by atoms with Gasteiger partial charge in [-0.25, -0.2) is 4.39 Å². The van der Waals surface area contributed by atoms with Gasteiger partial charge in [-0.1, -0.05) is 5.16 Å². The van der Waals surface area contributed by atoms with Crippen molar-refractivity contribution in [1.29, 1.82) is 0 Å². The molecular weight excluding hydrogens is 251 g/mol. The van der Waals surface area contributed by atoms with Gasteiger partial charge >= 0.3 is 0 Å². The van der Waals surface area contributed by atoms with Crippen molar-refractivity contribution >= 4 is 0 Å². The number of aromatic hydroxyl groups is 1. The highest BCUT2D eigenvalue weighted by Crippen LogP contribution is 2.26. The van der Waals surface area contributed by atoms with Crippen LogP contribution in [0.2, 0.25) is 0 Å². The summed E-state index contributed by atoms with van der Waals surface area (Å²) in [4.78, 5) is 4.08. The molecule has 0 spiro atoms. The van der Waals surface area contributed by atoms with E-state index in [9.17, 15) is 4.39 Å². The molecule has 0 atom stereocenters. The second kappa shape index (κ2) is 4.20. The first-order valence-electron chi connectivity index (χ1n) is 5.46. The van der Waals surface area contributed by atoms with Gasteiger partial charge in [-0.3, -0.25) is 4.68 Å². The molecule has 7 heteroatoms. The summed E-state index contributed by atoms with van der Waals surface area (Å²) in [5.74, 6) is -0.469. The van der Waals surface area contributed by atoms with Gasteiger partial charge in [0.05, 0.1) is 5.56 Å². The molecule has 0 bridgehead atoms. The van der Waals surface area contributed by atoms with Gasteiger partial charge in [0, 0.05) is 19.3 Å².